The molecule has 0 unspecified atom stereocenters. The molecule has 0 aliphatic heterocycles. The normalized spacial score (nSPS) is 12.6. The van der Waals surface area contributed by atoms with Crippen LogP contribution in [0.3, 0.4) is 0 Å². The summed E-state index contributed by atoms with van der Waals surface area (Å²) in [5.41, 5.74) is 1.93. The average Bonchev–Trinajstić information content (AvgIpc) is 2.47. The molecule has 0 bridgehead atoms. The molecule has 2 aromatic carbocycles. The summed E-state index contributed by atoms with van der Waals surface area (Å²) in [6.07, 6.45) is 0. The second-order valence-electron chi connectivity index (χ2n) is 6.28. The van der Waals surface area contributed by atoms with Gasteiger partial charge in [-0.25, -0.2) is 0 Å². The van der Waals surface area contributed by atoms with Crippen LogP contribution < -0.4 is 0 Å². The molecule has 0 aliphatic carbocycles. The van der Waals surface area contributed by atoms with Crippen LogP contribution in [0.1, 0.15) is 18.1 Å². The van der Waals surface area contributed by atoms with Crippen molar-refractivity contribution < 1.29 is 4.49 Å². The quantitative estimate of drug-likeness (QED) is 0.513. The number of rotatable bonds is 6. The van der Waals surface area contributed by atoms with Crippen molar-refractivity contribution in [2.75, 3.05) is 0 Å². The van der Waals surface area contributed by atoms with Crippen molar-refractivity contribution in [3.63, 3.8) is 0 Å². The first-order valence-electron chi connectivity index (χ1n) is 7.64. The fraction of sp³-hybridized carbons (Fsp3) is 0.333. The van der Waals surface area contributed by atoms with E-state index in [9.17, 15) is 0 Å². The van der Waals surface area contributed by atoms with Gasteiger partial charge in [-0.2, -0.15) is 0 Å². The summed E-state index contributed by atoms with van der Waals surface area (Å²) in [7, 11) is 0. The second kappa shape index (κ2) is 7.68. The molecule has 0 spiro atoms. The Labute approximate surface area is 147 Å². The fourth-order valence-electron chi connectivity index (χ4n) is 2.80. The molecule has 22 heavy (non-hydrogen) atoms. The Hall–Kier alpha value is -0.0426. The van der Waals surface area contributed by atoms with Crippen molar-refractivity contribution in [2.45, 2.75) is 32.3 Å². The predicted octanol–water partition coefficient (Wildman–Crippen LogP) is 4.94. The van der Waals surface area contributed by atoms with Crippen LogP contribution in [0.2, 0.25) is 19.8 Å². The van der Waals surface area contributed by atoms with Gasteiger partial charge in [0.2, 0.25) is 0 Å². The van der Waals surface area contributed by atoms with Crippen LogP contribution in [0.5, 0.6) is 0 Å². The Morgan fingerprint density at radius 1 is 0.818 bits per heavy atom. The maximum absolute atomic E-state index is 6.75. The van der Waals surface area contributed by atoms with E-state index in [1.165, 1.54) is 11.1 Å². The Bertz CT molecular complexity index is 543. The van der Waals surface area contributed by atoms with E-state index in [2.05, 4.69) is 75.2 Å². The molecule has 0 fully saturated rings. The molecule has 117 valence electrons. The van der Waals surface area contributed by atoms with Gasteiger partial charge in [0, 0.05) is 0 Å². The number of hydrogen-bond acceptors (Lipinski definition) is 2. The SMILES string of the molecule is [CH3][Sn]([CH3])[O][Sn]([CH3])([CH3])[O]C(C)(c1ccccc1)c1ccccc1. The first-order valence-corrected chi connectivity index (χ1v) is 22.5. The molecule has 0 aromatic heterocycles. The zero-order valence-electron chi connectivity index (χ0n) is 14.1. The molecule has 0 aliphatic rings. The predicted molar refractivity (Wildman–Crippen MR) is 96.5 cm³/mol. The van der Waals surface area contributed by atoms with Gasteiger partial charge in [0.05, 0.1) is 0 Å². The summed E-state index contributed by atoms with van der Waals surface area (Å²) < 4.78 is 13.1. The average molecular weight is 511 g/mol. The number of benzene rings is 2. The van der Waals surface area contributed by atoms with Gasteiger partial charge in [-0.05, 0) is 0 Å². The molecule has 0 heterocycles. The van der Waals surface area contributed by atoms with Crippen molar-refractivity contribution in [1.82, 2.24) is 0 Å². The minimum atomic E-state index is -2.99. The van der Waals surface area contributed by atoms with Crippen molar-refractivity contribution in [1.29, 1.82) is 0 Å². The number of hydrogen-bond donors (Lipinski definition) is 0. The third-order valence-corrected chi connectivity index (χ3v) is 25.9. The summed E-state index contributed by atoms with van der Waals surface area (Å²) in [5, 5.41) is 0. The molecule has 2 rings (SSSR count). The van der Waals surface area contributed by atoms with Gasteiger partial charge >= 0.3 is 148 Å². The van der Waals surface area contributed by atoms with E-state index < -0.39 is 45.0 Å². The van der Waals surface area contributed by atoms with E-state index in [0.29, 0.717) is 0 Å². The van der Waals surface area contributed by atoms with E-state index in [4.69, 9.17) is 4.49 Å². The third kappa shape index (κ3) is 4.73. The standard InChI is InChI=1S/C14H13O.4CH3.O.2Sn/c1-14(15,12-8-4-2-5-9-12)13-10-6-3-7-11-13;;;;;;;/h2-11H,1H3;4*1H3;;;/q-1;;;;;;;+1. The maximum atomic E-state index is 6.75. The van der Waals surface area contributed by atoms with E-state index in [1.54, 1.807) is 0 Å². The third-order valence-electron chi connectivity index (χ3n) is 3.55. The molecule has 2 nitrogen and oxygen atoms in total. The van der Waals surface area contributed by atoms with Crippen LogP contribution >= 0.6 is 0 Å². The monoisotopic (exact) mass is 513 g/mol. The summed E-state index contributed by atoms with van der Waals surface area (Å²) in [5.74, 6) is 0. The van der Waals surface area contributed by atoms with Gasteiger partial charge in [-0.1, -0.05) is 0 Å². The summed E-state index contributed by atoms with van der Waals surface area (Å²) in [6.45, 7) is 2.17. The van der Waals surface area contributed by atoms with Gasteiger partial charge in [0.15, 0.2) is 0 Å². The van der Waals surface area contributed by atoms with E-state index in [-0.39, 0.29) is 0 Å². The van der Waals surface area contributed by atoms with Crippen LogP contribution in [0, 0.1) is 0 Å². The van der Waals surface area contributed by atoms with Gasteiger partial charge in [0.1, 0.15) is 0 Å². The molecule has 0 N–H and O–H groups in total. The van der Waals surface area contributed by atoms with Gasteiger partial charge < -0.3 is 0 Å². The Balaban J connectivity index is 2.43. The van der Waals surface area contributed by atoms with Crippen molar-refractivity contribution in [3.05, 3.63) is 71.8 Å². The molecule has 0 amide bonds. The van der Waals surface area contributed by atoms with Gasteiger partial charge in [-0.15, -0.1) is 0 Å². The van der Waals surface area contributed by atoms with Gasteiger partial charge in [-0.3, -0.25) is 0 Å². The molecule has 2 aromatic rings. The van der Waals surface area contributed by atoms with Crippen molar-refractivity contribution >= 4 is 39.4 Å². The summed E-state index contributed by atoms with van der Waals surface area (Å²) in [4.78, 5) is 9.00. The first kappa shape index (κ1) is 18.3. The minimum absolute atomic E-state index is 0.444. The van der Waals surface area contributed by atoms with E-state index in [1.807, 2.05) is 12.1 Å². The zero-order chi connectivity index (χ0) is 16.2. The molecule has 0 atom stereocenters. The second-order valence-corrected chi connectivity index (χ2v) is 24.5. The molecule has 0 saturated heterocycles. The Morgan fingerprint density at radius 2 is 1.23 bits per heavy atom. The molecule has 4 heteroatoms. The molecule has 0 saturated carbocycles. The first-order chi connectivity index (χ1) is 10.3. The Kier molecular flexibility index (Phi) is 6.39. The molecule has 1 radical (unpaired) electrons. The zero-order valence-corrected chi connectivity index (χ0v) is 19.8. The van der Waals surface area contributed by atoms with Gasteiger partial charge in [0.25, 0.3) is 0 Å². The summed E-state index contributed by atoms with van der Waals surface area (Å²) >= 11 is -4.64. The van der Waals surface area contributed by atoms with E-state index >= 15 is 0 Å². The summed E-state index contributed by atoms with van der Waals surface area (Å²) in [6, 6.07) is 21.0. The molecular weight excluding hydrogens is 486 g/mol. The van der Waals surface area contributed by atoms with Crippen LogP contribution in [0.4, 0.5) is 0 Å². The molecular formula is C18H25O2Sn2. The van der Waals surface area contributed by atoms with Crippen LogP contribution in [0.15, 0.2) is 60.7 Å². The van der Waals surface area contributed by atoms with Crippen LogP contribution in [-0.4, -0.2) is 39.4 Å². The van der Waals surface area contributed by atoms with E-state index in [0.717, 1.165) is 0 Å². The van der Waals surface area contributed by atoms with Crippen molar-refractivity contribution in [2.24, 2.45) is 0 Å². The van der Waals surface area contributed by atoms with Crippen molar-refractivity contribution in [3.8, 4) is 0 Å². The van der Waals surface area contributed by atoms with Crippen LogP contribution in [0.25, 0.3) is 0 Å². The van der Waals surface area contributed by atoms with Crippen LogP contribution in [-0.2, 0) is 10.1 Å². The topological polar surface area (TPSA) is 18.5 Å². The fourth-order valence-corrected chi connectivity index (χ4v) is 28.8. The Morgan fingerprint density at radius 3 is 1.59 bits per heavy atom.